The number of carbonyl (C=O) groups is 2. The van der Waals surface area contributed by atoms with Crippen LogP contribution in [0.3, 0.4) is 0 Å². The number of carbonyl (C=O) groups excluding carboxylic acids is 1. The Morgan fingerprint density at radius 1 is 1.21 bits per heavy atom. The van der Waals surface area contributed by atoms with E-state index in [4.69, 9.17) is 5.11 Å². The van der Waals surface area contributed by atoms with E-state index >= 15 is 0 Å². The molecule has 5 heteroatoms. The first-order valence-electron chi connectivity index (χ1n) is 7.11. The summed E-state index contributed by atoms with van der Waals surface area (Å²) in [6.07, 6.45) is 1.35. The Morgan fingerprint density at radius 2 is 1.74 bits per heavy atom. The van der Waals surface area contributed by atoms with Crippen molar-refractivity contribution < 1.29 is 14.7 Å². The average Bonchev–Trinajstić information content (AvgIpc) is 2.74. The molecule has 1 unspecified atom stereocenters. The van der Waals surface area contributed by atoms with Crippen LogP contribution in [0.1, 0.15) is 40.5 Å². The maximum atomic E-state index is 12.5. The lowest BCUT2D eigenvalue weighted by molar-refractivity contribution is -0.141. The Bertz CT molecular complexity index is 319. The number of amides is 2. The lowest BCUT2D eigenvalue weighted by Crippen LogP contribution is -2.49. The molecule has 0 saturated carbocycles. The van der Waals surface area contributed by atoms with Gasteiger partial charge in [-0.05, 0) is 24.7 Å². The van der Waals surface area contributed by atoms with E-state index in [1.807, 2.05) is 0 Å². The second-order valence-corrected chi connectivity index (χ2v) is 6.16. The van der Waals surface area contributed by atoms with Gasteiger partial charge in [0.25, 0.3) is 0 Å². The number of hydrogen-bond donors (Lipinski definition) is 1. The lowest BCUT2D eigenvalue weighted by atomic mass is 10.1. The summed E-state index contributed by atoms with van der Waals surface area (Å²) in [7, 11) is 0. The smallest absolute Gasteiger partial charge is 0.326 e. The normalized spacial score (nSPS) is 19.3. The van der Waals surface area contributed by atoms with Crippen LogP contribution in [0.5, 0.6) is 0 Å². The van der Waals surface area contributed by atoms with E-state index < -0.39 is 12.0 Å². The van der Waals surface area contributed by atoms with Gasteiger partial charge in [0.15, 0.2) is 0 Å². The molecule has 0 aromatic carbocycles. The van der Waals surface area contributed by atoms with Crippen molar-refractivity contribution >= 4 is 12.0 Å². The fourth-order valence-corrected chi connectivity index (χ4v) is 2.55. The van der Waals surface area contributed by atoms with Crippen LogP contribution in [0, 0.1) is 11.8 Å². The van der Waals surface area contributed by atoms with E-state index in [0.717, 1.165) is 6.42 Å². The van der Waals surface area contributed by atoms with Crippen molar-refractivity contribution in [3.05, 3.63) is 0 Å². The van der Waals surface area contributed by atoms with Crippen molar-refractivity contribution in [3.8, 4) is 0 Å². The summed E-state index contributed by atoms with van der Waals surface area (Å²) in [6, 6.07) is -0.762. The van der Waals surface area contributed by atoms with Gasteiger partial charge in [-0.3, -0.25) is 0 Å². The van der Waals surface area contributed by atoms with Crippen molar-refractivity contribution in [1.29, 1.82) is 0 Å². The van der Waals surface area contributed by atoms with Crippen molar-refractivity contribution in [1.82, 2.24) is 9.80 Å². The second-order valence-electron chi connectivity index (χ2n) is 6.16. The molecule has 1 fully saturated rings. The third-order valence-electron chi connectivity index (χ3n) is 3.23. The van der Waals surface area contributed by atoms with Gasteiger partial charge in [-0.2, -0.15) is 0 Å². The van der Waals surface area contributed by atoms with Crippen molar-refractivity contribution in [2.24, 2.45) is 11.8 Å². The largest absolute Gasteiger partial charge is 0.480 e. The first-order chi connectivity index (χ1) is 8.82. The summed E-state index contributed by atoms with van der Waals surface area (Å²) in [5.41, 5.74) is 0. The molecule has 0 aromatic heterocycles. The molecule has 1 saturated heterocycles. The topological polar surface area (TPSA) is 60.9 Å². The monoisotopic (exact) mass is 270 g/mol. The van der Waals surface area contributed by atoms with Crippen molar-refractivity contribution in [2.45, 2.75) is 46.6 Å². The van der Waals surface area contributed by atoms with E-state index in [0.29, 0.717) is 37.9 Å². The highest BCUT2D eigenvalue weighted by atomic mass is 16.4. The Balaban J connectivity index is 2.77. The van der Waals surface area contributed by atoms with Crippen LogP contribution in [0.2, 0.25) is 0 Å². The molecule has 0 spiro atoms. The third kappa shape index (κ3) is 4.40. The fourth-order valence-electron chi connectivity index (χ4n) is 2.55. The molecule has 110 valence electrons. The number of carboxylic acid groups (broad SMARTS) is 1. The SMILES string of the molecule is CC(C)CN(CC(C)C)C(=O)N1CCCC1C(=O)O. The summed E-state index contributed by atoms with van der Waals surface area (Å²) < 4.78 is 0. The highest BCUT2D eigenvalue weighted by Crippen LogP contribution is 2.20. The van der Waals surface area contributed by atoms with Crippen LogP contribution in [0.4, 0.5) is 4.79 Å². The number of aliphatic carboxylic acids is 1. The van der Waals surface area contributed by atoms with E-state index in [2.05, 4.69) is 27.7 Å². The van der Waals surface area contributed by atoms with E-state index in [1.54, 1.807) is 4.90 Å². The summed E-state index contributed by atoms with van der Waals surface area (Å²) in [5.74, 6) is -0.123. The predicted molar refractivity (Wildman–Crippen MR) is 74.0 cm³/mol. The molecule has 5 nitrogen and oxygen atoms in total. The summed E-state index contributed by atoms with van der Waals surface area (Å²) in [4.78, 5) is 27.0. The third-order valence-corrected chi connectivity index (χ3v) is 3.23. The van der Waals surface area contributed by atoms with Gasteiger partial charge in [0.2, 0.25) is 0 Å². The predicted octanol–water partition coefficient (Wildman–Crippen LogP) is 2.27. The first-order valence-corrected chi connectivity index (χ1v) is 7.11. The maximum absolute atomic E-state index is 12.5. The summed E-state index contributed by atoms with van der Waals surface area (Å²) >= 11 is 0. The summed E-state index contributed by atoms with van der Waals surface area (Å²) in [5, 5.41) is 9.17. The highest BCUT2D eigenvalue weighted by Gasteiger charge is 2.36. The Labute approximate surface area is 115 Å². The van der Waals surface area contributed by atoms with Crippen molar-refractivity contribution in [2.75, 3.05) is 19.6 Å². The van der Waals surface area contributed by atoms with Gasteiger partial charge in [-0.1, -0.05) is 27.7 Å². The Hall–Kier alpha value is -1.26. The van der Waals surface area contributed by atoms with Crippen LogP contribution < -0.4 is 0 Å². The molecule has 0 aliphatic carbocycles. The van der Waals surface area contributed by atoms with E-state index in [-0.39, 0.29) is 6.03 Å². The molecule has 0 aromatic rings. The van der Waals surface area contributed by atoms with Gasteiger partial charge in [0, 0.05) is 19.6 Å². The van der Waals surface area contributed by atoms with Gasteiger partial charge in [-0.15, -0.1) is 0 Å². The number of likely N-dealkylation sites (tertiary alicyclic amines) is 1. The van der Waals surface area contributed by atoms with E-state index in [1.165, 1.54) is 4.90 Å². The minimum Gasteiger partial charge on any atom is -0.480 e. The van der Waals surface area contributed by atoms with Crippen molar-refractivity contribution in [3.63, 3.8) is 0 Å². The van der Waals surface area contributed by atoms with Crippen LogP contribution in [0.25, 0.3) is 0 Å². The first kappa shape index (κ1) is 15.8. The zero-order valence-electron chi connectivity index (χ0n) is 12.4. The zero-order chi connectivity index (χ0) is 14.6. The Morgan fingerprint density at radius 3 is 2.16 bits per heavy atom. The average molecular weight is 270 g/mol. The van der Waals surface area contributed by atoms with Gasteiger partial charge >= 0.3 is 12.0 Å². The number of hydrogen-bond acceptors (Lipinski definition) is 2. The highest BCUT2D eigenvalue weighted by molar-refractivity contribution is 5.83. The zero-order valence-corrected chi connectivity index (χ0v) is 12.4. The minimum absolute atomic E-state index is 0.118. The fraction of sp³-hybridized carbons (Fsp3) is 0.857. The van der Waals surface area contributed by atoms with Gasteiger partial charge in [-0.25, -0.2) is 9.59 Å². The molecular weight excluding hydrogens is 244 g/mol. The molecule has 19 heavy (non-hydrogen) atoms. The van der Waals surface area contributed by atoms with Crippen LogP contribution in [-0.2, 0) is 4.79 Å². The quantitative estimate of drug-likeness (QED) is 0.833. The second kappa shape index (κ2) is 6.78. The molecular formula is C14H26N2O3. The molecule has 0 bridgehead atoms. The molecule has 1 aliphatic heterocycles. The molecule has 1 aliphatic rings. The van der Waals surface area contributed by atoms with Gasteiger partial charge in [0.05, 0.1) is 0 Å². The van der Waals surface area contributed by atoms with Crippen LogP contribution in [0.15, 0.2) is 0 Å². The van der Waals surface area contributed by atoms with Gasteiger partial charge < -0.3 is 14.9 Å². The summed E-state index contributed by atoms with van der Waals surface area (Å²) in [6.45, 7) is 10.2. The minimum atomic E-state index is -0.889. The Kier molecular flexibility index (Phi) is 5.63. The van der Waals surface area contributed by atoms with E-state index in [9.17, 15) is 9.59 Å². The molecule has 0 radical (unpaired) electrons. The lowest BCUT2D eigenvalue weighted by Gasteiger charge is -2.32. The van der Waals surface area contributed by atoms with Crippen LogP contribution >= 0.6 is 0 Å². The molecule has 1 rings (SSSR count). The number of nitrogens with zero attached hydrogens (tertiary/aromatic N) is 2. The number of rotatable bonds is 5. The number of carboxylic acids is 1. The molecule has 1 N–H and O–H groups in total. The number of urea groups is 1. The standard InChI is InChI=1S/C14H26N2O3/c1-10(2)8-15(9-11(3)4)14(19)16-7-5-6-12(16)13(17)18/h10-12H,5-9H2,1-4H3,(H,17,18). The molecule has 1 heterocycles. The molecule has 2 amide bonds. The van der Waals surface area contributed by atoms with Gasteiger partial charge in [0.1, 0.15) is 6.04 Å². The van der Waals surface area contributed by atoms with Crippen LogP contribution in [-0.4, -0.2) is 52.6 Å². The molecule has 1 atom stereocenters. The maximum Gasteiger partial charge on any atom is 0.326 e.